The third kappa shape index (κ3) is 2.40. The highest BCUT2D eigenvalue weighted by atomic mass is 19.1. The van der Waals surface area contributed by atoms with Gasteiger partial charge in [-0.15, -0.1) is 0 Å². The molecule has 0 unspecified atom stereocenters. The zero-order valence-corrected chi connectivity index (χ0v) is 9.47. The Hall–Kier alpha value is -1.76. The first kappa shape index (κ1) is 12.7. The van der Waals surface area contributed by atoms with Crippen molar-refractivity contribution in [3.63, 3.8) is 0 Å². The van der Waals surface area contributed by atoms with Crippen molar-refractivity contribution in [3.05, 3.63) is 33.9 Å². The molecule has 18 heavy (non-hydrogen) atoms. The molecule has 98 valence electrons. The van der Waals surface area contributed by atoms with Crippen molar-refractivity contribution in [2.24, 2.45) is 0 Å². The van der Waals surface area contributed by atoms with E-state index in [2.05, 4.69) is 0 Å². The number of rotatable bonds is 2. The molecule has 0 bridgehead atoms. The Morgan fingerprint density at radius 1 is 1.39 bits per heavy atom. The average molecular weight is 258 g/mol. The van der Waals surface area contributed by atoms with Gasteiger partial charge in [-0.1, -0.05) is 0 Å². The number of nitrogens with zero attached hydrogens (tertiary/aromatic N) is 2. The van der Waals surface area contributed by atoms with E-state index in [1.807, 2.05) is 0 Å². The van der Waals surface area contributed by atoms with Crippen molar-refractivity contribution in [1.82, 2.24) is 0 Å². The lowest BCUT2D eigenvalue weighted by Gasteiger charge is -2.32. The van der Waals surface area contributed by atoms with Crippen molar-refractivity contribution in [2.45, 2.75) is 18.9 Å². The maximum absolute atomic E-state index is 13.7. The fourth-order valence-electron chi connectivity index (χ4n) is 2.12. The number of halogens is 2. The van der Waals surface area contributed by atoms with E-state index >= 15 is 0 Å². The van der Waals surface area contributed by atoms with Crippen LogP contribution in [0.5, 0.6) is 0 Å². The average Bonchev–Trinajstić information content (AvgIpc) is 2.27. The maximum Gasteiger partial charge on any atom is 0.275 e. The Morgan fingerprint density at radius 2 is 2.00 bits per heavy atom. The molecule has 0 aromatic heterocycles. The molecule has 1 heterocycles. The summed E-state index contributed by atoms with van der Waals surface area (Å²) in [6.45, 7) is 0.550. The van der Waals surface area contributed by atoms with Crippen molar-refractivity contribution < 1.29 is 18.8 Å². The van der Waals surface area contributed by atoms with Crippen LogP contribution in [0.2, 0.25) is 0 Å². The number of hydrogen-bond acceptors (Lipinski definition) is 4. The second-order valence-electron chi connectivity index (χ2n) is 4.26. The number of aliphatic hydroxyl groups excluding tert-OH is 1. The summed E-state index contributed by atoms with van der Waals surface area (Å²) in [7, 11) is 0. The van der Waals surface area contributed by atoms with E-state index in [4.69, 9.17) is 0 Å². The highest BCUT2D eigenvalue weighted by molar-refractivity contribution is 5.54. The van der Waals surface area contributed by atoms with Crippen LogP contribution >= 0.6 is 0 Å². The van der Waals surface area contributed by atoms with E-state index in [0.29, 0.717) is 31.5 Å². The highest BCUT2D eigenvalue weighted by Gasteiger charge is 2.25. The predicted molar refractivity (Wildman–Crippen MR) is 60.5 cm³/mol. The highest BCUT2D eigenvalue weighted by Crippen LogP contribution is 2.30. The fourth-order valence-corrected chi connectivity index (χ4v) is 2.12. The van der Waals surface area contributed by atoms with Crippen LogP contribution in [0, 0.1) is 21.7 Å². The van der Waals surface area contributed by atoms with Gasteiger partial charge in [-0.2, -0.15) is 0 Å². The van der Waals surface area contributed by atoms with E-state index < -0.39 is 28.3 Å². The number of hydrogen-bond donors (Lipinski definition) is 1. The van der Waals surface area contributed by atoms with E-state index in [9.17, 15) is 24.0 Å². The first-order valence-corrected chi connectivity index (χ1v) is 5.55. The molecule has 7 heteroatoms. The van der Waals surface area contributed by atoms with Crippen LogP contribution in [0.1, 0.15) is 12.8 Å². The smallest absolute Gasteiger partial charge is 0.275 e. The van der Waals surface area contributed by atoms with Gasteiger partial charge in [0.2, 0.25) is 0 Å². The second-order valence-corrected chi connectivity index (χ2v) is 4.26. The van der Waals surface area contributed by atoms with Gasteiger partial charge in [0.05, 0.1) is 23.2 Å². The Kier molecular flexibility index (Phi) is 3.42. The van der Waals surface area contributed by atoms with Gasteiger partial charge in [-0.25, -0.2) is 8.78 Å². The number of benzene rings is 1. The van der Waals surface area contributed by atoms with E-state index in [0.717, 1.165) is 0 Å². The molecule has 5 nitrogen and oxygen atoms in total. The van der Waals surface area contributed by atoms with Crippen LogP contribution in [0.3, 0.4) is 0 Å². The Labute approximate surface area is 102 Å². The second kappa shape index (κ2) is 4.85. The minimum Gasteiger partial charge on any atom is -0.391 e. The third-order valence-corrected chi connectivity index (χ3v) is 2.93. The zero-order chi connectivity index (χ0) is 13.3. The molecule has 1 saturated heterocycles. The van der Waals surface area contributed by atoms with Gasteiger partial charge in [-0.05, 0) is 12.8 Å². The molecule has 0 radical (unpaired) electrons. The van der Waals surface area contributed by atoms with Crippen molar-refractivity contribution in [1.29, 1.82) is 0 Å². The van der Waals surface area contributed by atoms with Gasteiger partial charge in [0.25, 0.3) is 5.69 Å². The molecule has 0 saturated carbocycles. The molecule has 0 aliphatic carbocycles. The summed E-state index contributed by atoms with van der Waals surface area (Å²) in [6.07, 6.45) is 0.580. The number of non-ortho nitro benzene ring substituents is 1. The summed E-state index contributed by atoms with van der Waals surface area (Å²) in [6, 6.07) is 1.39. The molecule has 1 aliphatic rings. The van der Waals surface area contributed by atoms with Gasteiger partial charge in [-0.3, -0.25) is 10.1 Å². The quantitative estimate of drug-likeness (QED) is 0.649. The molecule has 1 aromatic carbocycles. The van der Waals surface area contributed by atoms with E-state index in [1.165, 1.54) is 4.90 Å². The molecule has 1 aliphatic heterocycles. The number of piperidine rings is 1. The summed E-state index contributed by atoms with van der Waals surface area (Å²) < 4.78 is 27.4. The summed E-state index contributed by atoms with van der Waals surface area (Å²) in [5, 5.41) is 19.9. The maximum atomic E-state index is 13.7. The van der Waals surface area contributed by atoms with Crippen LogP contribution in [0.15, 0.2) is 12.1 Å². The monoisotopic (exact) mass is 258 g/mol. The van der Waals surface area contributed by atoms with Crippen LogP contribution in [-0.2, 0) is 0 Å². The summed E-state index contributed by atoms with van der Waals surface area (Å²) in [5.74, 6) is -1.95. The molecule has 0 amide bonds. The molecular weight excluding hydrogens is 246 g/mol. The molecule has 0 spiro atoms. The first-order chi connectivity index (χ1) is 8.49. The minimum atomic E-state index is -0.976. The molecular formula is C11H12F2N2O3. The number of nitro benzene ring substituents is 1. The minimum absolute atomic E-state index is 0.131. The van der Waals surface area contributed by atoms with Crippen molar-refractivity contribution in [2.75, 3.05) is 18.0 Å². The van der Waals surface area contributed by atoms with Crippen LogP contribution in [0.25, 0.3) is 0 Å². The molecule has 1 aromatic rings. The van der Waals surface area contributed by atoms with Gasteiger partial charge in [0.15, 0.2) is 11.6 Å². The lowest BCUT2D eigenvalue weighted by Crippen LogP contribution is -2.39. The topological polar surface area (TPSA) is 66.6 Å². The standard InChI is InChI=1S/C11H12F2N2O3/c12-9-4-7(15(17)18)5-10(13)11(9)14-3-1-2-8(16)6-14/h4-5,8,16H,1-3,6H2/t8-/m0/s1. The Balaban J connectivity index is 2.36. The first-order valence-electron chi connectivity index (χ1n) is 5.55. The van der Waals surface area contributed by atoms with Gasteiger partial charge < -0.3 is 10.0 Å². The van der Waals surface area contributed by atoms with Crippen LogP contribution in [0.4, 0.5) is 20.2 Å². The fraction of sp³-hybridized carbons (Fsp3) is 0.455. The molecule has 1 fully saturated rings. The summed E-state index contributed by atoms with van der Waals surface area (Å²) >= 11 is 0. The Morgan fingerprint density at radius 3 is 2.50 bits per heavy atom. The Bertz CT molecular complexity index is 458. The zero-order valence-electron chi connectivity index (χ0n) is 9.47. The summed E-state index contributed by atoms with van der Waals surface area (Å²) in [4.78, 5) is 11.0. The molecule has 1 N–H and O–H groups in total. The largest absolute Gasteiger partial charge is 0.391 e. The lowest BCUT2D eigenvalue weighted by atomic mass is 10.1. The van der Waals surface area contributed by atoms with E-state index in [1.54, 1.807) is 0 Å². The van der Waals surface area contributed by atoms with Gasteiger partial charge in [0, 0.05) is 13.1 Å². The lowest BCUT2D eigenvalue weighted by molar-refractivity contribution is -0.385. The van der Waals surface area contributed by atoms with Crippen LogP contribution in [-0.4, -0.2) is 29.2 Å². The number of anilines is 1. The normalized spacial score (nSPS) is 19.9. The summed E-state index contributed by atoms with van der Waals surface area (Å²) in [5.41, 5.74) is -0.925. The number of nitro groups is 1. The number of β-amino-alcohol motifs (C(OH)–C–C–N with tert-alkyl or cyclic N) is 1. The van der Waals surface area contributed by atoms with Crippen molar-refractivity contribution in [3.8, 4) is 0 Å². The molecule has 2 rings (SSSR count). The van der Waals surface area contributed by atoms with Crippen LogP contribution < -0.4 is 4.90 Å². The third-order valence-electron chi connectivity index (χ3n) is 2.93. The predicted octanol–water partition coefficient (Wildman–Crippen LogP) is 1.83. The molecule has 1 atom stereocenters. The van der Waals surface area contributed by atoms with Gasteiger partial charge >= 0.3 is 0 Å². The van der Waals surface area contributed by atoms with Gasteiger partial charge in [0.1, 0.15) is 5.69 Å². The van der Waals surface area contributed by atoms with Crippen molar-refractivity contribution >= 4 is 11.4 Å². The number of aliphatic hydroxyl groups is 1. The van der Waals surface area contributed by atoms with E-state index in [-0.39, 0.29) is 12.2 Å². The SMILES string of the molecule is O=[N+]([O-])c1cc(F)c(N2CCC[C@H](O)C2)c(F)c1.